The highest BCUT2D eigenvalue weighted by molar-refractivity contribution is 6.29. The van der Waals surface area contributed by atoms with Gasteiger partial charge in [0, 0.05) is 13.1 Å². The maximum Gasteiger partial charge on any atom is 0.131 e. The van der Waals surface area contributed by atoms with E-state index in [9.17, 15) is 0 Å². The Balaban J connectivity index is 2.25. The number of hydrogen-bond donors (Lipinski definition) is 0. The summed E-state index contributed by atoms with van der Waals surface area (Å²) in [6.07, 6.45) is 0. The molecule has 1 fully saturated rings. The zero-order chi connectivity index (χ0) is 11.5. The fraction of sp³-hybridized carbons (Fsp3) is 0.583. The Morgan fingerprint density at radius 2 is 2.00 bits per heavy atom. The predicted molar refractivity (Wildman–Crippen MR) is 66.4 cm³/mol. The minimum Gasteiger partial charge on any atom is -0.378 e. The minimum absolute atomic E-state index is 0.472. The SMILES string of the molecule is CC(C)c1cc(Cl)nc(N2CCOCC2)c1. The van der Waals surface area contributed by atoms with Crippen molar-refractivity contribution < 1.29 is 4.74 Å². The lowest BCUT2D eigenvalue weighted by atomic mass is 10.1. The number of nitrogens with zero attached hydrogens (tertiary/aromatic N) is 2. The van der Waals surface area contributed by atoms with Crippen LogP contribution in [0, 0.1) is 0 Å². The van der Waals surface area contributed by atoms with Crippen LogP contribution in [0.1, 0.15) is 25.3 Å². The van der Waals surface area contributed by atoms with Gasteiger partial charge in [-0.25, -0.2) is 4.98 Å². The normalized spacial score (nSPS) is 16.9. The van der Waals surface area contributed by atoms with Crippen LogP contribution in [-0.2, 0) is 4.74 Å². The highest BCUT2D eigenvalue weighted by Gasteiger charge is 2.14. The Bertz CT molecular complexity index is 362. The van der Waals surface area contributed by atoms with E-state index >= 15 is 0 Å². The molecule has 0 atom stereocenters. The van der Waals surface area contributed by atoms with Crippen LogP contribution in [0.5, 0.6) is 0 Å². The lowest BCUT2D eigenvalue weighted by Gasteiger charge is -2.28. The van der Waals surface area contributed by atoms with E-state index in [1.165, 1.54) is 5.56 Å². The first kappa shape index (κ1) is 11.7. The van der Waals surface area contributed by atoms with Crippen molar-refractivity contribution in [2.24, 2.45) is 0 Å². The Morgan fingerprint density at radius 1 is 1.31 bits per heavy atom. The standard InChI is InChI=1S/C12H17ClN2O/c1-9(2)10-7-11(13)14-12(8-10)15-3-5-16-6-4-15/h7-9H,3-6H2,1-2H3. The molecule has 0 saturated carbocycles. The smallest absolute Gasteiger partial charge is 0.131 e. The molecule has 1 aliphatic rings. The van der Waals surface area contributed by atoms with Crippen molar-refractivity contribution in [3.63, 3.8) is 0 Å². The first-order valence-corrected chi connectivity index (χ1v) is 6.05. The summed E-state index contributed by atoms with van der Waals surface area (Å²) in [5.74, 6) is 1.44. The van der Waals surface area contributed by atoms with Crippen molar-refractivity contribution in [3.05, 3.63) is 22.8 Å². The molecule has 0 radical (unpaired) electrons. The largest absolute Gasteiger partial charge is 0.378 e. The van der Waals surface area contributed by atoms with Crippen molar-refractivity contribution >= 4 is 17.4 Å². The second kappa shape index (κ2) is 5.02. The second-order valence-electron chi connectivity index (χ2n) is 4.34. The second-order valence-corrected chi connectivity index (χ2v) is 4.72. The average molecular weight is 241 g/mol. The maximum atomic E-state index is 6.04. The Hall–Kier alpha value is -0.800. The fourth-order valence-electron chi connectivity index (χ4n) is 1.79. The van der Waals surface area contributed by atoms with Gasteiger partial charge in [-0.2, -0.15) is 0 Å². The molecule has 0 amide bonds. The molecular formula is C12H17ClN2O. The van der Waals surface area contributed by atoms with Crippen LogP contribution < -0.4 is 4.90 Å². The molecule has 2 heterocycles. The number of anilines is 1. The van der Waals surface area contributed by atoms with Crippen molar-refractivity contribution in [2.75, 3.05) is 31.2 Å². The van der Waals surface area contributed by atoms with Crippen LogP contribution in [0.2, 0.25) is 5.15 Å². The number of pyridine rings is 1. The van der Waals surface area contributed by atoms with Crippen LogP contribution in [0.15, 0.2) is 12.1 Å². The minimum atomic E-state index is 0.472. The molecule has 1 saturated heterocycles. The zero-order valence-electron chi connectivity index (χ0n) is 9.74. The predicted octanol–water partition coefficient (Wildman–Crippen LogP) is 2.70. The summed E-state index contributed by atoms with van der Waals surface area (Å²) in [6.45, 7) is 7.65. The zero-order valence-corrected chi connectivity index (χ0v) is 10.5. The number of ether oxygens (including phenoxy) is 1. The van der Waals surface area contributed by atoms with Gasteiger partial charge in [-0.3, -0.25) is 0 Å². The summed E-state index contributed by atoms with van der Waals surface area (Å²) in [6, 6.07) is 4.07. The van der Waals surface area contributed by atoms with Crippen LogP contribution in [-0.4, -0.2) is 31.3 Å². The molecule has 1 aliphatic heterocycles. The number of aromatic nitrogens is 1. The molecule has 2 rings (SSSR count). The van der Waals surface area contributed by atoms with Gasteiger partial charge < -0.3 is 9.64 Å². The Kier molecular flexibility index (Phi) is 3.66. The van der Waals surface area contributed by atoms with Gasteiger partial charge in [-0.1, -0.05) is 25.4 Å². The number of rotatable bonds is 2. The summed E-state index contributed by atoms with van der Waals surface area (Å²) in [4.78, 5) is 6.60. The quantitative estimate of drug-likeness (QED) is 0.744. The van der Waals surface area contributed by atoms with E-state index in [-0.39, 0.29) is 0 Å². The lowest BCUT2D eigenvalue weighted by molar-refractivity contribution is 0.122. The Labute approximate surface area is 101 Å². The summed E-state index contributed by atoms with van der Waals surface area (Å²) in [5.41, 5.74) is 1.24. The van der Waals surface area contributed by atoms with Gasteiger partial charge in [0.25, 0.3) is 0 Å². The molecule has 0 N–H and O–H groups in total. The Morgan fingerprint density at radius 3 is 2.62 bits per heavy atom. The third-order valence-electron chi connectivity index (χ3n) is 2.80. The molecule has 0 aliphatic carbocycles. The van der Waals surface area contributed by atoms with Gasteiger partial charge in [0.05, 0.1) is 13.2 Å². The van der Waals surface area contributed by atoms with E-state index in [4.69, 9.17) is 16.3 Å². The van der Waals surface area contributed by atoms with Gasteiger partial charge in [-0.05, 0) is 23.6 Å². The molecule has 3 nitrogen and oxygen atoms in total. The van der Waals surface area contributed by atoms with Crippen molar-refractivity contribution in [3.8, 4) is 0 Å². The topological polar surface area (TPSA) is 25.4 Å². The van der Waals surface area contributed by atoms with Gasteiger partial charge in [0.1, 0.15) is 11.0 Å². The molecular weight excluding hydrogens is 224 g/mol. The third-order valence-corrected chi connectivity index (χ3v) is 3.00. The lowest BCUT2D eigenvalue weighted by Crippen LogP contribution is -2.36. The molecule has 1 aromatic rings. The van der Waals surface area contributed by atoms with E-state index in [1.807, 2.05) is 6.07 Å². The van der Waals surface area contributed by atoms with E-state index in [1.54, 1.807) is 0 Å². The van der Waals surface area contributed by atoms with Gasteiger partial charge in [-0.15, -0.1) is 0 Å². The van der Waals surface area contributed by atoms with E-state index < -0.39 is 0 Å². The molecule has 0 bridgehead atoms. The van der Waals surface area contributed by atoms with Crippen LogP contribution in [0.4, 0.5) is 5.82 Å². The van der Waals surface area contributed by atoms with Crippen molar-refractivity contribution in [2.45, 2.75) is 19.8 Å². The highest BCUT2D eigenvalue weighted by atomic mass is 35.5. The molecule has 4 heteroatoms. The van der Waals surface area contributed by atoms with Crippen molar-refractivity contribution in [1.29, 1.82) is 0 Å². The highest BCUT2D eigenvalue weighted by Crippen LogP contribution is 2.23. The average Bonchev–Trinajstić information content (AvgIpc) is 2.29. The molecule has 88 valence electrons. The van der Waals surface area contributed by atoms with Crippen LogP contribution in [0.3, 0.4) is 0 Å². The first-order chi connectivity index (χ1) is 7.66. The van der Waals surface area contributed by atoms with Gasteiger partial charge in [0.15, 0.2) is 0 Å². The summed E-state index contributed by atoms with van der Waals surface area (Å²) in [7, 11) is 0. The van der Waals surface area contributed by atoms with E-state index in [0.717, 1.165) is 32.1 Å². The number of halogens is 1. The van der Waals surface area contributed by atoms with E-state index in [0.29, 0.717) is 11.1 Å². The summed E-state index contributed by atoms with van der Waals surface area (Å²) < 4.78 is 5.33. The number of morpholine rings is 1. The van der Waals surface area contributed by atoms with Crippen LogP contribution in [0.25, 0.3) is 0 Å². The summed E-state index contributed by atoms with van der Waals surface area (Å²) in [5, 5.41) is 0.577. The van der Waals surface area contributed by atoms with E-state index in [2.05, 4.69) is 29.8 Å². The molecule has 0 aromatic carbocycles. The molecule has 0 spiro atoms. The molecule has 1 aromatic heterocycles. The van der Waals surface area contributed by atoms with Crippen molar-refractivity contribution in [1.82, 2.24) is 4.98 Å². The van der Waals surface area contributed by atoms with Crippen LogP contribution >= 0.6 is 11.6 Å². The molecule has 0 unspecified atom stereocenters. The van der Waals surface area contributed by atoms with Gasteiger partial charge >= 0.3 is 0 Å². The first-order valence-electron chi connectivity index (χ1n) is 5.67. The maximum absolute atomic E-state index is 6.04. The molecule has 16 heavy (non-hydrogen) atoms. The van der Waals surface area contributed by atoms with Gasteiger partial charge in [0.2, 0.25) is 0 Å². The monoisotopic (exact) mass is 240 g/mol. The third kappa shape index (κ3) is 2.66. The fourth-order valence-corrected chi connectivity index (χ4v) is 2.00. The number of hydrogen-bond acceptors (Lipinski definition) is 3. The summed E-state index contributed by atoms with van der Waals surface area (Å²) >= 11 is 6.04.